The van der Waals surface area contributed by atoms with Gasteiger partial charge in [-0.05, 0) is 25.1 Å². The summed E-state index contributed by atoms with van der Waals surface area (Å²) in [6.07, 6.45) is 0.664. The summed E-state index contributed by atoms with van der Waals surface area (Å²) in [7, 11) is 2.90. The predicted octanol–water partition coefficient (Wildman–Crippen LogP) is 3.61. The minimum Gasteiger partial charge on any atom is -0.496 e. The number of esters is 1. The van der Waals surface area contributed by atoms with Gasteiger partial charge in [0.25, 0.3) is 0 Å². The minimum atomic E-state index is -0.962. The lowest BCUT2D eigenvalue weighted by Crippen LogP contribution is -2.24. The van der Waals surface area contributed by atoms with Crippen molar-refractivity contribution in [1.29, 1.82) is 0 Å². The first-order chi connectivity index (χ1) is 12.6. The third-order valence-electron chi connectivity index (χ3n) is 4.14. The number of methoxy groups -OCH3 is 2. The number of Topliss-reactive ketones (excluding diaryl/α,β-unsaturated/α-hetero) is 1. The Balaban J connectivity index is 1.85. The number of nitrogens with one attached hydrogen (secondary N) is 1. The highest BCUT2D eigenvalue weighted by Crippen LogP contribution is 2.29. The fraction of sp³-hybridized carbons (Fsp3) is 0.200. The van der Waals surface area contributed by atoms with Gasteiger partial charge in [0.2, 0.25) is 5.78 Å². The number of ether oxygens (including phenoxy) is 3. The highest BCUT2D eigenvalue weighted by atomic mass is 16.6. The van der Waals surface area contributed by atoms with E-state index in [4.69, 9.17) is 14.2 Å². The van der Waals surface area contributed by atoms with E-state index >= 15 is 0 Å². The summed E-state index contributed by atoms with van der Waals surface area (Å²) in [5, 5.41) is 0.787. The van der Waals surface area contributed by atoms with Crippen molar-refractivity contribution in [1.82, 2.24) is 4.98 Å². The van der Waals surface area contributed by atoms with Crippen LogP contribution in [-0.2, 0) is 4.74 Å². The Bertz CT molecular complexity index is 937. The second-order valence-electron chi connectivity index (χ2n) is 5.70. The maximum absolute atomic E-state index is 12.7. The zero-order valence-electron chi connectivity index (χ0n) is 14.7. The second-order valence-corrected chi connectivity index (χ2v) is 5.70. The Kier molecular flexibility index (Phi) is 4.93. The molecule has 0 aliphatic rings. The molecule has 0 aliphatic carbocycles. The quantitative estimate of drug-likeness (QED) is 0.541. The molecule has 1 heterocycles. The fourth-order valence-electron chi connectivity index (χ4n) is 2.82. The van der Waals surface area contributed by atoms with Gasteiger partial charge in [-0.25, -0.2) is 4.79 Å². The van der Waals surface area contributed by atoms with Crippen molar-refractivity contribution < 1.29 is 23.8 Å². The summed E-state index contributed by atoms with van der Waals surface area (Å²) in [6.45, 7) is 1.55. The van der Waals surface area contributed by atoms with Gasteiger partial charge >= 0.3 is 5.97 Å². The molecular weight excluding hydrogens is 334 g/mol. The maximum atomic E-state index is 12.7. The van der Waals surface area contributed by atoms with Gasteiger partial charge in [0.05, 0.1) is 14.2 Å². The number of ketones is 1. The van der Waals surface area contributed by atoms with Crippen LogP contribution in [0.1, 0.15) is 27.6 Å². The van der Waals surface area contributed by atoms with E-state index in [9.17, 15) is 9.59 Å². The molecule has 1 aromatic heterocycles. The third-order valence-corrected chi connectivity index (χ3v) is 4.14. The molecule has 6 heteroatoms. The number of aromatic nitrogens is 1. The normalized spacial score (nSPS) is 11.8. The summed E-state index contributed by atoms with van der Waals surface area (Å²) in [6, 6.07) is 12.4. The Labute approximate surface area is 150 Å². The van der Waals surface area contributed by atoms with Crippen molar-refractivity contribution in [2.75, 3.05) is 14.2 Å². The Hall–Kier alpha value is -3.28. The molecule has 134 valence electrons. The lowest BCUT2D eigenvalue weighted by atomic mass is 10.1. The Morgan fingerprint density at radius 2 is 1.62 bits per heavy atom. The second kappa shape index (κ2) is 7.31. The number of rotatable bonds is 6. The van der Waals surface area contributed by atoms with Crippen LogP contribution >= 0.6 is 0 Å². The highest BCUT2D eigenvalue weighted by molar-refractivity contribution is 6.10. The van der Waals surface area contributed by atoms with Crippen LogP contribution in [0.5, 0.6) is 11.5 Å². The molecule has 0 radical (unpaired) electrons. The van der Waals surface area contributed by atoms with Crippen molar-refractivity contribution >= 4 is 22.7 Å². The van der Waals surface area contributed by atoms with Crippen molar-refractivity contribution in [3.63, 3.8) is 0 Å². The third kappa shape index (κ3) is 3.13. The van der Waals surface area contributed by atoms with Crippen LogP contribution in [0.4, 0.5) is 0 Å². The summed E-state index contributed by atoms with van der Waals surface area (Å²) in [5.74, 6) is -0.327. The maximum Gasteiger partial charge on any atom is 0.346 e. The van der Waals surface area contributed by atoms with Crippen molar-refractivity contribution in [3.8, 4) is 11.5 Å². The first-order valence-electron chi connectivity index (χ1n) is 8.09. The molecule has 0 aliphatic heterocycles. The number of hydrogen-bond acceptors (Lipinski definition) is 5. The molecular formula is C20H19NO5. The zero-order valence-corrected chi connectivity index (χ0v) is 14.7. The van der Waals surface area contributed by atoms with Crippen LogP contribution in [0.2, 0.25) is 0 Å². The number of para-hydroxylation sites is 1. The molecule has 3 rings (SSSR count). The SMILES string of the molecule is COc1cccc(OC)c1C(=O)OC(C)C(=O)c1c[nH]c2ccccc12. The summed E-state index contributed by atoms with van der Waals surface area (Å²) < 4.78 is 15.8. The minimum absolute atomic E-state index is 0.149. The molecule has 0 spiro atoms. The molecule has 6 nitrogen and oxygen atoms in total. The van der Waals surface area contributed by atoms with E-state index in [1.165, 1.54) is 14.2 Å². The molecule has 1 unspecified atom stereocenters. The van der Waals surface area contributed by atoms with Crippen LogP contribution in [0, 0.1) is 0 Å². The van der Waals surface area contributed by atoms with Crippen LogP contribution < -0.4 is 9.47 Å². The van der Waals surface area contributed by atoms with Crippen LogP contribution in [0.15, 0.2) is 48.7 Å². The van der Waals surface area contributed by atoms with E-state index in [0.717, 1.165) is 10.9 Å². The van der Waals surface area contributed by atoms with E-state index in [2.05, 4.69) is 4.98 Å². The number of H-pyrrole nitrogens is 1. The Morgan fingerprint density at radius 3 is 2.27 bits per heavy atom. The van der Waals surface area contributed by atoms with Gasteiger partial charge in [-0.2, -0.15) is 0 Å². The highest BCUT2D eigenvalue weighted by Gasteiger charge is 2.26. The van der Waals surface area contributed by atoms with Gasteiger partial charge in [-0.15, -0.1) is 0 Å². The summed E-state index contributed by atoms with van der Waals surface area (Å²) in [4.78, 5) is 28.4. The molecule has 1 atom stereocenters. The van der Waals surface area contributed by atoms with E-state index in [0.29, 0.717) is 17.1 Å². The lowest BCUT2D eigenvalue weighted by Gasteiger charge is -2.15. The number of carbonyl (C=O) groups is 2. The van der Waals surface area contributed by atoms with Crippen molar-refractivity contribution in [2.24, 2.45) is 0 Å². The van der Waals surface area contributed by atoms with E-state index in [1.54, 1.807) is 31.3 Å². The first-order valence-corrected chi connectivity index (χ1v) is 8.09. The molecule has 1 N–H and O–H groups in total. The molecule has 26 heavy (non-hydrogen) atoms. The van der Waals surface area contributed by atoms with Crippen LogP contribution in [0.25, 0.3) is 10.9 Å². The molecule has 0 fully saturated rings. The number of fused-ring (bicyclic) bond motifs is 1. The molecule has 3 aromatic rings. The summed E-state index contributed by atoms with van der Waals surface area (Å²) >= 11 is 0. The van der Waals surface area contributed by atoms with Gasteiger partial charge in [0.1, 0.15) is 17.1 Å². The standard InChI is InChI=1S/C20H19NO5/c1-12(19(22)14-11-21-15-8-5-4-7-13(14)15)26-20(23)18-16(24-2)9-6-10-17(18)25-3/h4-12,21H,1-3H3. The zero-order chi connectivity index (χ0) is 18.7. The molecule has 0 saturated heterocycles. The van der Waals surface area contributed by atoms with Gasteiger partial charge in [-0.3, -0.25) is 4.79 Å². The average molecular weight is 353 g/mol. The van der Waals surface area contributed by atoms with Gasteiger partial charge in [0.15, 0.2) is 6.10 Å². The van der Waals surface area contributed by atoms with Gasteiger partial charge < -0.3 is 19.2 Å². The molecule has 0 amide bonds. The van der Waals surface area contributed by atoms with E-state index in [-0.39, 0.29) is 11.3 Å². The number of carbonyl (C=O) groups excluding carboxylic acids is 2. The predicted molar refractivity (Wildman–Crippen MR) is 97.1 cm³/mol. The number of hydrogen-bond donors (Lipinski definition) is 1. The van der Waals surface area contributed by atoms with E-state index in [1.807, 2.05) is 24.3 Å². The van der Waals surface area contributed by atoms with Crippen LogP contribution in [0.3, 0.4) is 0 Å². The lowest BCUT2D eigenvalue weighted by molar-refractivity contribution is 0.0313. The smallest absolute Gasteiger partial charge is 0.346 e. The largest absolute Gasteiger partial charge is 0.496 e. The first kappa shape index (κ1) is 17.5. The Morgan fingerprint density at radius 1 is 0.962 bits per heavy atom. The molecule has 2 aromatic carbocycles. The average Bonchev–Trinajstić information content (AvgIpc) is 3.10. The number of benzene rings is 2. The molecule has 0 bridgehead atoms. The topological polar surface area (TPSA) is 77.6 Å². The molecule has 0 saturated carbocycles. The fourth-order valence-corrected chi connectivity index (χ4v) is 2.82. The summed E-state index contributed by atoms with van der Waals surface area (Å²) in [5.41, 5.74) is 1.48. The van der Waals surface area contributed by atoms with Gasteiger partial charge in [0, 0.05) is 22.7 Å². The van der Waals surface area contributed by atoms with E-state index < -0.39 is 12.1 Å². The van der Waals surface area contributed by atoms with Crippen molar-refractivity contribution in [2.45, 2.75) is 13.0 Å². The van der Waals surface area contributed by atoms with Gasteiger partial charge in [-0.1, -0.05) is 24.3 Å². The number of aromatic amines is 1. The van der Waals surface area contributed by atoms with Crippen molar-refractivity contribution in [3.05, 3.63) is 59.8 Å². The monoisotopic (exact) mass is 353 g/mol. The van der Waals surface area contributed by atoms with Crippen LogP contribution in [-0.4, -0.2) is 37.1 Å².